The van der Waals surface area contributed by atoms with Gasteiger partial charge >= 0.3 is 0 Å². The predicted molar refractivity (Wildman–Crippen MR) is 53.2 cm³/mol. The molecule has 0 atom stereocenters. The number of hydrogen-bond acceptors (Lipinski definition) is 3. The lowest BCUT2D eigenvalue weighted by molar-refractivity contribution is 0.716. The molecule has 0 aromatic heterocycles. The summed E-state index contributed by atoms with van der Waals surface area (Å²) in [5.74, 6) is 1.19. The van der Waals surface area contributed by atoms with E-state index >= 15 is 0 Å². The Kier molecular flexibility index (Phi) is 6.29. The Morgan fingerprint density at radius 2 is 2.33 bits per heavy atom. The molecule has 0 heterocycles. The molecule has 0 unspecified atom stereocenters. The Hall–Kier alpha value is -0.890. The van der Waals surface area contributed by atoms with E-state index in [0.717, 1.165) is 0 Å². The molecule has 0 aliphatic rings. The van der Waals surface area contributed by atoms with E-state index in [1.807, 2.05) is 20.0 Å². The van der Waals surface area contributed by atoms with Crippen LogP contribution in [0.2, 0.25) is 0 Å². The summed E-state index contributed by atoms with van der Waals surface area (Å²) in [6.45, 7) is 4.57. The Morgan fingerprint density at radius 3 is 2.75 bits per heavy atom. The molecule has 2 N–H and O–H groups in total. The van der Waals surface area contributed by atoms with Crippen molar-refractivity contribution in [3.63, 3.8) is 0 Å². The van der Waals surface area contributed by atoms with E-state index in [1.54, 1.807) is 0 Å². The summed E-state index contributed by atoms with van der Waals surface area (Å²) in [6.07, 6.45) is 1.81. The van der Waals surface area contributed by atoms with Crippen LogP contribution in [0.15, 0.2) is 4.99 Å². The Labute approximate surface area is 78.5 Å². The van der Waals surface area contributed by atoms with Crippen molar-refractivity contribution in [1.29, 1.82) is 5.26 Å². The first-order valence-corrected chi connectivity index (χ1v) is 4.41. The molecule has 0 bridgehead atoms. The van der Waals surface area contributed by atoms with Gasteiger partial charge in [0.25, 0.3) is 0 Å². The van der Waals surface area contributed by atoms with Crippen molar-refractivity contribution in [2.75, 3.05) is 12.3 Å². The van der Waals surface area contributed by atoms with Crippen LogP contribution in [0.5, 0.6) is 0 Å². The Bertz CT molecular complexity index is 182. The van der Waals surface area contributed by atoms with Crippen LogP contribution in [0.25, 0.3) is 0 Å². The summed E-state index contributed by atoms with van der Waals surface area (Å²) in [7, 11) is 0. The second-order valence-corrected chi connectivity index (χ2v) is 2.94. The molecule has 0 aliphatic carbocycles. The zero-order chi connectivity index (χ0) is 9.40. The second kappa shape index (κ2) is 6.80. The van der Waals surface area contributed by atoms with Crippen LogP contribution in [-0.2, 0) is 0 Å². The number of nitrogens with zero attached hydrogens (tertiary/aromatic N) is 2. The van der Waals surface area contributed by atoms with Crippen molar-refractivity contribution in [3.05, 3.63) is 0 Å². The third-order valence-electron chi connectivity index (χ3n) is 0.970. The normalized spacial score (nSPS) is 11.1. The summed E-state index contributed by atoms with van der Waals surface area (Å²) in [5, 5.41) is 13.8. The molecule has 0 amide bonds. The summed E-state index contributed by atoms with van der Waals surface area (Å²) in [5.41, 5.74) is 0. The number of guanidine groups is 1. The fourth-order valence-corrected chi connectivity index (χ4v) is 0.709. The van der Waals surface area contributed by atoms with Gasteiger partial charge in [0.1, 0.15) is 0 Å². The van der Waals surface area contributed by atoms with Gasteiger partial charge in [0, 0.05) is 11.8 Å². The first-order valence-electron chi connectivity index (χ1n) is 3.77. The van der Waals surface area contributed by atoms with Crippen LogP contribution in [0.3, 0.4) is 0 Å². The van der Waals surface area contributed by atoms with Crippen molar-refractivity contribution < 1.29 is 0 Å². The van der Waals surface area contributed by atoms with Crippen LogP contribution in [0, 0.1) is 11.5 Å². The van der Waals surface area contributed by atoms with Crippen LogP contribution < -0.4 is 10.6 Å². The molecule has 4 nitrogen and oxygen atoms in total. The van der Waals surface area contributed by atoms with Crippen LogP contribution in [-0.4, -0.2) is 24.3 Å². The van der Waals surface area contributed by atoms with Gasteiger partial charge in [-0.1, -0.05) is 0 Å². The van der Waals surface area contributed by atoms with Gasteiger partial charge in [0.15, 0.2) is 6.19 Å². The van der Waals surface area contributed by atoms with E-state index in [1.165, 1.54) is 0 Å². The van der Waals surface area contributed by atoms with Crippen LogP contribution in [0.1, 0.15) is 13.8 Å². The number of hydrogen-bond donors (Lipinski definition) is 3. The molecule has 0 saturated carbocycles. The van der Waals surface area contributed by atoms with Crippen LogP contribution in [0.4, 0.5) is 0 Å². The van der Waals surface area contributed by atoms with E-state index in [4.69, 9.17) is 5.26 Å². The van der Waals surface area contributed by atoms with Gasteiger partial charge in [-0.2, -0.15) is 17.9 Å². The third kappa shape index (κ3) is 5.86. The predicted octanol–water partition coefficient (Wildman–Crippen LogP) is 0.341. The van der Waals surface area contributed by atoms with E-state index < -0.39 is 0 Å². The minimum Gasteiger partial charge on any atom is -0.353 e. The van der Waals surface area contributed by atoms with E-state index in [0.29, 0.717) is 18.3 Å². The third-order valence-corrected chi connectivity index (χ3v) is 1.17. The molecule has 0 aromatic carbocycles. The smallest absolute Gasteiger partial charge is 0.204 e. The van der Waals surface area contributed by atoms with Crippen LogP contribution >= 0.6 is 12.6 Å². The highest BCUT2D eigenvalue weighted by molar-refractivity contribution is 7.80. The highest BCUT2D eigenvalue weighted by Gasteiger charge is 1.97. The maximum atomic E-state index is 8.35. The molecule has 0 saturated heterocycles. The number of thiol groups is 1. The minimum absolute atomic E-state index is 0.268. The summed E-state index contributed by atoms with van der Waals surface area (Å²) < 4.78 is 0. The number of nitrogens with one attached hydrogen (secondary N) is 2. The zero-order valence-corrected chi connectivity index (χ0v) is 8.23. The maximum Gasteiger partial charge on any atom is 0.204 e. The number of rotatable bonds is 3. The average molecular weight is 186 g/mol. The molecular weight excluding hydrogens is 172 g/mol. The number of nitriles is 1. The van der Waals surface area contributed by atoms with Crippen molar-refractivity contribution in [2.45, 2.75) is 19.9 Å². The lowest BCUT2D eigenvalue weighted by Gasteiger charge is -2.10. The van der Waals surface area contributed by atoms with E-state index in [9.17, 15) is 0 Å². The van der Waals surface area contributed by atoms with Gasteiger partial charge in [-0.3, -0.25) is 10.3 Å². The topological polar surface area (TPSA) is 60.2 Å². The van der Waals surface area contributed by atoms with Crippen molar-refractivity contribution in [1.82, 2.24) is 10.6 Å². The van der Waals surface area contributed by atoms with Crippen molar-refractivity contribution in [3.8, 4) is 6.19 Å². The molecular formula is C7H14N4S. The minimum atomic E-state index is 0.268. The number of aliphatic imine (C=N–C) groups is 1. The average Bonchev–Trinajstić information content (AvgIpc) is 2.00. The molecule has 68 valence electrons. The fraction of sp³-hybridized carbons (Fsp3) is 0.714. The highest BCUT2D eigenvalue weighted by atomic mass is 32.1. The molecule has 12 heavy (non-hydrogen) atoms. The summed E-state index contributed by atoms with van der Waals surface area (Å²) in [4.78, 5) is 4.07. The monoisotopic (exact) mass is 186 g/mol. The Balaban J connectivity index is 3.95. The zero-order valence-electron chi connectivity index (χ0n) is 7.33. The molecule has 0 radical (unpaired) electrons. The summed E-state index contributed by atoms with van der Waals surface area (Å²) in [6, 6.07) is 0.268. The lowest BCUT2D eigenvalue weighted by atomic mass is 10.4. The lowest BCUT2D eigenvalue weighted by Crippen LogP contribution is -2.39. The standard InChI is InChI=1S/C7H14N4S/c1-6(2)11-7(10-5-8)9-3-4-12/h6,12H,3-4H2,1-2H3,(H2,9,10,11). The van der Waals surface area contributed by atoms with Gasteiger partial charge in [-0.25, -0.2) is 0 Å². The summed E-state index contributed by atoms with van der Waals surface area (Å²) >= 11 is 4.01. The van der Waals surface area contributed by atoms with Crippen molar-refractivity contribution >= 4 is 18.6 Å². The molecule has 0 aromatic rings. The van der Waals surface area contributed by atoms with Gasteiger partial charge in [0.2, 0.25) is 5.96 Å². The van der Waals surface area contributed by atoms with Crippen molar-refractivity contribution in [2.24, 2.45) is 4.99 Å². The largest absolute Gasteiger partial charge is 0.353 e. The quantitative estimate of drug-likeness (QED) is 0.196. The SMILES string of the molecule is CC(C)NC(=NCCS)NC#N. The van der Waals surface area contributed by atoms with E-state index in [-0.39, 0.29) is 6.04 Å². The first kappa shape index (κ1) is 11.1. The van der Waals surface area contributed by atoms with Gasteiger partial charge in [0.05, 0.1) is 6.54 Å². The Morgan fingerprint density at radius 1 is 1.67 bits per heavy atom. The maximum absolute atomic E-state index is 8.35. The van der Waals surface area contributed by atoms with Gasteiger partial charge in [-0.15, -0.1) is 0 Å². The second-order valence-electron chi connectivity index (χ2n) is 2.49. The van der Waals surface area contributed by atoms with Gasteiger partial charge in [-0.05, 0) is 13.8 Å². The molecule has 0 aliphatic heterocycles. The highest BCUT2D eigenvalue weighted by Crippen LogP contribution is 1.80. The van der Waals surface area contributed by atoms with E-state index in [2.05, 4.69) is 28.3 Å². The fourth-order valence-electron chi connectivity index (χ4n) is 0.609. The van der Waals surface area contributed by atoms with Gasteiger partial charge < -0.3 is 5.32 Å². The first-order chi connectivity index (χ1) is 5.70. The molecule has 5 heteroatoms. The molecule has 0 spiro atoms. The molecule has 0 fully saturated rings. The molecule has 0 rings (SSSR count).